The highest BCUT2D eigenvalue weighted by Gasteiger charge is 2.09. The molecule has 0 aliphatic heterocycles. The number of halogens is 1. The number of hydrogen-bond donors (Lipinski definition) is 1. The highest BCUT2D eigenvalue weighted by molar-refractivity contribution is 5.77. The number of nitrogens with zero attached hydrogens (tertiary/aromatic N) is 2. The smallest absolute Gasteiger partial charge is 0.228 e. The minimum atomic E-state index is -0.522. The molecule has 6 heteroatoms. The maximum atomic E-state index is 12.1. The fourth-order valence-electron chi connectivity index (χ4n) is 1.95. The second-order valence-electron chi connectivity index (χ2n) is 4.37. The summed E-state index contributed by atoms with van der Waals surface area (Å²) in [5.74, 6) is 1.84. The number of rotatable bonds is 5. The Morgan fingerprint density at radius 1 is 1.29 bits per heavy atom. The molecular formula is C15H14FN3O2. The molecule has 0 radical (unpaired) electrons. The number of pyridine rings is 1. The zero-order chi connectivity index (χ0) is 14.7. The average Bonchev–Trinajstić information content (AvgIpc) is 2.96. The van der Waals surface area contributed by atoms with Crippen molar-refractivity contribution in [3.8, 4) is 17.2 Å². The monoisotopic (exact) mass is 286 g/mol. The number of oxazole rings is 1. The van der Waals surface area contributed by atoms with Gasteiger partial charge in [-0.15, -0.1) is 0 Å². The van der Waals surface area contributed by atoms with Gasteiger partial charge in [0.25, 0.3) is 0 Å². The molecule has 108 valence electrons. The maximum absolute atomic E-state index is 12.1. The summed E-state index contributed by atoms with van der Waals surface area (Å²) in [6, 6.07) is 8.95. The van der Waals surface area contributed by atoms with E-state index in [2.05, 4.69) is 15.3 Å². The topological polar surface area (TPSA) is 60.2 Å². The van der Waals surface area contributed by atoms with Gasteiger partial charge in [0.15, 0.2) is 5.58 Å². The molecule has 21 heavy (non-hydrogen) atoms. The minimum absolute atomic E-state index is 0.0333. The molecule has 0 bridgehead atoms. The number of anilines is 1. The number of nitrogens with one attached hydrogen (secondary N) is 1. The summed E-state index contributed by atoms with van der Waals surface area (Å²) in [6.07, 6.45) is 1.69. The SMILES string of the molecule is CNc1ccc(-c2nc3cc(OCC[18F])ccc3o2)cn1. The Labute approximate surface area is 120 Å². The van der Waals surface area contributed by atoms with E-state index in [1.807, 2.05) is 12.1 Å². The molecule has 3 aromatic rings. The molecular weight excluding hydrogens is 272 g/mol. The third-order valence-electron chi connectivity index (χ3n) is 2.97. The van der Waals surface area contributed by atoms with Gasteiger partial charge in [-0.25, -0.2) is 14.4 Å². The van der Waals surface area contributed by atoms with E-state index in [4.69, 9.17) is 9.15 Å². The summed E-state index contributed by atoms with van der Waals surface area (Å²) in [5.41, 5.74) is 2.10. The van der Waals surface area contributed by atoms with Crippen LogP contribution < -0.4 is 10.1 Å². The van der Waals surface area contributed by atoms with Crippen LogP contribution in [0.5, 0.6) is 5.75 Å². The molecule has 3 rings (SSSR count). The molecule has 0 spiro atoms. The Kier molecular flexibility index (Phi) is 3.68. The molecule has 1 aromatic carbocycles. The number of benzene rings is 1. The lowest BCUT2D eigenvalue weighted by Crippen LogP contribution is -1.98. The van der Waals surface area contributed by atoms with Gasteiger partial charge in [0.05, 0.1) is 5.56 Å². The first-order chi connectivity index (χ1) is 10.3. The van der Waals surface area contributed by atoms with E-state index in [9.17, 15) is 4.39 Å². The Bertz CT molecular complexity index is 740. The van der Waals surface area contributed by atoms with E-state index in [1.54, 1.807) is 31.4 Å². The third kappa shape index (κ3) is 2.79. The summed E-state index contributed by atoms with van der Waals surface area (Å²) in [7, 11) is 1.81. The molecule has 0 saturated heterocycles. The van der Waals surface area contributed by atoms with Crippen LogP contribution in [-0.4, -0.2) is 30.3 Å². The van der Waals surface area contributed by atoms with Crippen LogP contribution in [0.4, 0.5) is 10.2 Å². The van der Waals surface area contributed by atoms with Crippen LogP contribution in [0.15, 0.2) is 40.9 Å². The van der Waals surface area contributed by atoms with Crippen LogP contribution in [0.1, 0.15) is 0 Å². The summed E-state index contributed by atoms with van der Waals surface area (Å²) < 4.78 is 23.0. The minimum Gasteiger partial charge on any atom is -0.491 e. The van der Waals surface area contributed by atoms with Crippen molar-refractivity contribution < 1.29 is 13.5 Å². The molecule has 0 atom stereocenters. The highest BCUT2D eigenvalue weighted by Crippen LogP contribution is 2.27. The van der Waals surface area contributed by atoms with Gasteiger partial charge in [-0.05, 0) is 24.3 Å². The van der Waals surface area contributed by atoms with Crippen LogP contribution in [0.25, 0.3) is 22.6 Å². The standard InChI is InChI=1S/C15H14FN3O2/c1-17-14-5-2-10(9-18-14)15-19-12-8-11(20-7-6-16)3-4-13(12)21-15/h2-5,8-9H,6-7H2,1H3,(H,17,18)/i16-1. The lowest BCUT2D eigenvalue weighted by molar-refractivity contribution is 0.273. The van der Waals surface area contributed by atoms with Crippen molar-refractivity contribution in [1.82, 2.24) is 9.97 Å². The lowest BCUT2D eigenvalue weighted by atomic mass is 10.3. The summed E-state index contributed by atoms with van der Waals surface area (Å²) in [4.78, 5) is 8.63. The number of fused-ring (bicyclic) bond motifs is 1. The second-order valence-corrected chi connectivity index (χ2v) is 4.37. The first-order valence-electron chi connectivity index (χ1n) is 6.53. The molecule has 0 saturated carbocycles. The van der Waals surface area contributed by atoms with Gasteiger partial charge in [-0.1, -0.05) is 0 Å². The number of alkyl halides is 1. The normalized spacial score (nSPS) is 10.8. The average molecular weight is 286 g/mol. The Hall–Kier alpha value is -2.63. The lowest BCUT2D eigenvalue weighted by Gasteiger charge is -2.01. The van der Waals surface area contributed by atoms with Gasteiger partial charge in [0, 0.05) is 19.3 Å². The Morgan fingerprint density at radius 2 is 2.19 bits per heavy atom. The van der Waals surface area contributed by atoms with Gasteiger partial charge in [-0.3, -0.25) is 0 Å². The van der Waals surface area contributed by atoms with Gasteiger partial charge in [0.1, 0.15) is 30.4 Å². The van der Waals surface area contributed by atoms with Crippen LogP contribution in [0.2, 0.25) is 0 Å². The fraction of sp³-hybridized carbons (Fsp3) is 0.200. The van der Waals surface area contributed by atoms with E-state index in [0.717, 1.165) is 11.4 Å². The Balaban J connectivity index is 1.92. The zero-order valence-corrected chi connectivity index (χ0v) is 11.5. The quantitative estimate of drug-likeness (QED) is 0.780. The first kappa shape index (κ1) is 13.4. The van der Waals surface area contributed by atoms with Gasteiger partial charge < -0.3 is 14.5 Å². The Morgan fingerprint density at radius 3 is 2.90 bits per heavy atom. The van der Waals surface area contributed by atoms with Crippen molar-refractivity contribution in [3.63, 3.8) is 0 Å². The van der Waals surface area contributed by atoms with Crippen LogP contribution in [0.3, 0.4) is 0 Å². The maximum Gasteiger partial charge on any atom is 0.228 e. The summed E-state index contributed by atoms with van der Waals surface area (Å²) in [5, 5.41) is 2.95. The van der Waals surface area contributed by atoms with Crippen molar-refractivity contribution >= 4 is 16.9 Å². The van der Waals surface area contributed by atoms with Gasteiger partial charge in [0.2, 0.25) is 5.89 Å². The largest absolute Gasteiger partial charge is 0.491 e. The van der Waals surface area contributed by atoms with Crippen molar-refractivity contribution in [2.24, 2.45) is 0 Å². The van der Waals surface area contributed by atoms with Crippen molar-refractivity contribution in [1.29, 1.82) is 0 Å². The zero-order valence-electron chi connectivity index (χ0n) is 11.5. The second kappa shape index (κ2) is 5.78. The molecule has 0 amide bonds. The van der Waals surface area contributed by atoms with Crippen LogP contribution in [0, 0.1) is 0 Å². The number of hydrogen-bond acceptors (Lipinski definition) is 5. The highest BCUT2D eigenvalue weighted by atomic mass is 18.2. The van der Waals surface area contributed by atoms with Crippen molar-refractivity contribution in [2.45, 2.75) is 0 Å². The molecule has 5 nitrogen and oxygen atoms in total. The van der Waals surface area contributed by atoms with E-state index in [1.165, 1.54) is 0 Å². The molecule has 2 heterocycles. The number of ether oxygens (including phenoxy) is 1. The molecule has 1 N–H and O–H groups in total. The predicted molar refractivity (Wildman–Crippen MR) is 78.3 cm³/mol. The van der Waals surface area contributed by atoms with Gasteiger partial charge in [-0.2, -0.15) is 0 Å². The van der Waals surface area contributed by atoms with E-state index >= 15 is 0 Å². The molecule has 0 aliphatic carbocycles. The summed E-state index contributed by atoms with van der Waals surface area (Å²) in [6.45, 7) is -0.489. The van der Waals surface area contributed by atoms with Crippen molar-refractivity contribution in [2.75, 3.05) is 25.6 Å². The predicted octanol–water partition coefficient (Wildman–Crippen LogP) is 3.28. The third-order valence-corrected chi connectivity index (χ3v) is 2.97. The van der Waals surface area contributed by atoms with Crippen LogP contribution in [-0.2, 0) is 0 Å². The molecule has 2 aromatic heterocycles. The molecule has 0 aliphatic rings. The first-order valence-corrected chi connectivity index (χ1v) is 6.53. The van der Waals surface area contributed by atoms with E-state index < -0.39 is 6.67 Å². The van der Waals surface area contributed by atoms with Crippen molar-refractivity contribution in [3.05, 3.63) is 36.5 Å². The summed E-state index contributed by atoms with van der Waals surface area (Å²) >= 11 is 0. The van der Waals surface area contributed by atoms with Crippen LogP contribution >= 0.6 is 0 Å². The van der Waals surface area contributed by atoms with Gasteiger partial charge >= 0.3 is 0 Å². The number of aromatic nitrogens is 2. The van der Waals surface area contributed by atoms with E-state index in [-0.39, 0.29) is 6.61 Å². The molecule has 0 fully saturated rings. The van der Waals surface area contributed by atoms with E-state index in [0.29, 0.717) is 22.7 Å². The molecule has 0 unspecified atom stereocenters. The fourth-order valence-corrected chi connectivity index (χ4v) is 1.95.